The Morgan fingerprint density at radius 2 is 2.20 bits per heavy atom. The Bertz CT molecular complexity index is 538. The van der Waals surface area contributed by atoms with Crippen molar-refractivity contribution >= 4 is 0 Å². The van der Waals surface area contributed by atoms with Crippen molar-refractivity contribution in [1.82, 2.24) is 0 Å². The maximum Gasteiger partial charge on any atom is 0.209 e. The molecule has 0 saturated carbocycles. The Morgan fingerprint density at radius 1 is 1.20 bits per heavy atom. The van der Waals surface area contributed by atoms with E-state index in [4.69, 9.17) is 4.74 Å². The SMILES string of the molecule is C1=CC2=C3C=CCC=C3C=CC23OC3=C1. The molecule has 1 heterocycles. The first-order chi connectivity index (χ1) is 7.40. The maximum atomic E-state index is 5.71. The van der Waals surface area contributed by atoms with Gasteiger partial charge in [-0.05, 0) is 29.7 Å². The lowest BCUT2D eigenvalue weighted by molar-refractivity contribution is 0.399. The molecule has 0 N–H and O–H groups in total. The van der Waals surface area contributed by atoms with E-state index in [0.717, 1.165) is 12.2 Å². The van der Waals surface area contributed by atoms with Crippen molar-refractivity contribution in [3.63, 3.8) is 0 Å². The molecule has 15 heavy (non-hydrogen) atoms. The molecule has 0 aromatic heterocycles. The lowest BCUT2D eigenvalue weighted by Gasteiger charge is -2.21. The van der Waals surface area contributed by atoms with Crippen molar-refractivity contribution in [2.45, 2.75) is 12.0 Å². The predicted molar refractivity (Wildman–Crippen MR) is 59.0 cm³/mol. The van der Waals surface area contributed by atoms with E-state index in [2.05, 4.69) is 48.6 Å². The monoisotopic (exact) mass is 194 g/mol. The second kappa shape index (κ2) is 2.25. The van der Waals surface area contributed by atoms with E-state index < -0.39 is 0 Å². The van der Waals surface area contributed by atoms with E-state index in [9.17, 15) is 0 Å². The molecule has 0 amide bonds. The first-order valence-corrected chi connectivity index (χ1v) is 5.29. The molecule has 0 bridgehead atoms. The molecule has 4 rings (SSSR count). The zero-order chi connectivity index (χ0) is 9.88. The molecule has 72 valence electrons. The summed E-state index contributed by atoms with van der Waals surface area (Å²) < 4.78 is 5.71. The molecule has 1 aliphatic heterocycles. The Labute approximate surface area is 88.4 Å². The molecule has 1 saturated heterocycles. The average molecular weight is 194 g/mol. The van der Waals surface area contributed by atoms with E-state index in [1.807, 2.05) is 0 Å². The number of epoxide rings is 1. The summed E-state index contributed by atoms with van der Waals surface area (Å²) in [4.78, 5) is 0. The van der Waals surface area contributed by atoms with Gasteiger partial charge < -0.3 is 4.74 Å². The van der Waals surface area contributed by atoms with Crippen LogP contribution in [0.2, 0.25) is 0 Å². The Morgan fingerprint density at radius 3 is 3.20 bits per heavy atom. The van der Waals surface area contributed by atoms with Crippen LogP contribution in [0.4, 0.5) is 0 Å². The molecule has 0 aromatic carbocycles. The molecule has 1 nitrogen and oxygen atoms in total. The Balaban J connectivity index is 2.00. The van der Waals surface area contributed by atoms with Crippen molar-refractivity contribution in [1.29, 1.82) is 0 Å². The number of hydrogen-bond donors (Lipinski definition) is 0. The number of rotatable bonds is 0. The van der Waals surface area contributed by atoms with Crippen molar-refractivity contribution in [3.05, 3.63) is 71.1 Å². The molecule has 1 fully saturated rings. The van der Waals surface area contributed by atoms with Gasteiger partial charge in [0.05, 0.1) is 0 Å². The summed E-state index contributed by atoms with van der Waals surface area (Å²) in [5.74, 6) is 1.08. The highest BCUT2D eigenvalue weighted by Crippen LogP contribution is 2.54. The minimum absolute atomic E-state index is 0.191. The van der Waals surface area contributed by atoms with Gasteiger partial charge in [-0.15, -0.1) is 0 Å². The minimum Gasteiger partial charge on any atom is -0.470 e. The zero-order valence-electron chi connectivity index (χ0n) is 8.23. The third-order valence-electron chi connectivity index (χ3n) is 3.36. The number of allylic oxidation sites excluding steroid dienone is 8. The fraction of sp³-hybridized carbons (Fsp3) is 0.143. The van der Waals surface area contributed by atoms with Gasteiger partial charge in [0, 0.05) is 5.57 Å². The highest BCUT2D eigenvalue weighted by Gasteiger charge is 2.56. The molecule has 4 aliphatic rings. The van der Waals surface area contributed by atoms with Gasteiger partial charge in [-0.25, -0.2) is 0 Å². The first-order valence-electron chi connectivity index (χ1n) is 5.29. The van der Waals surface area contributed by atoms with Gasteiger partial charge in [0.25, 0.3) is 0 Å². The zero-order valence-corrected chi connectivity index (χ0v) is 8.23. The number of hydrogen-bond acceptors (Lipinski definition) is 1. The topological polar surface area (TPSA) is 12.5 Å². The van der Waals surface area contributed by atoms with Crippen LogP contribution in [0.1, 0.15) is 6.42 Å². The third-order valence-corrected chi connectivity index (χ3v) is 3.36. The van der Waals surface area contributed by atoms with Crippen LogP contribution in [-0.2, 0) is 4.74 Å². The molecular formula is C14H10O. The summed E-state index contributed by atoms with van der Waals surface area (Å²) in [7, 11) is 0. The van der Waals surface area contributed by atoms with E-state index in [1.165, 1.54) is 16.7 Å². The number of ether oxygens (including phenoxy) is 1. The normalized spacial score (nSPS) is 33.6. The van der Waals surface area contributed by atoms with Crippen LogP contribution in [0.5, 0.6) is 0 Å². The maximum absolute atomic E-state index is 5.71. The summed E-state index contributed by atoms with van der Waals surface area (Å²) in [5, 5.41) is 0. The third kappa shape index (κ3) is 0.793. The van der Waals surface area contributed by atoms with Gasteiger partial charge >= 0.3 is 0 Å². The first kappa shape index (κ1) is 7.52. The lowest BCUT2D eigenvalue weighted by Crippen LogP contribution is -2.17. The van der Waals surface area contributed by atoms with Crippen molar-refractivity contribution in [2.75, 3.05) is 0 Å². The molecule has 1 unspecified atom stereocenters. The van der Waals surface area contributed by atoms with Crippen LogP contribution >= 0.6 is 0 Å². The van der Waals surface area contributed by atoms with Gasteiger partial charge in [-0.1, -0.05) is 36.5 Å². The average Bonchev–Trinajstić information content (AvgIpc) is 3.01. The fourth-order valence-corrected chi connectivity index (χ4v) is 2.54. The second-order valence-corrected chi connectivity index (χ2v) is 4.19. The van der Waals surface area contributed by atoms with E-state index in [1.54, 1.807) is 0 Å². The Hall–Kier alpha value is -1.76. The minimum atomic E-state index is -0.191. The summed E-state index contributed by atoms with van der Waals surface area (Å²) in [6.07, 6.45) is 18.4. The van der Waals surface area contributed by atoms with Crippen LogP contribution in [0, 0.1) is 0 Å². The highest BCUT2D eigenvalue weighted by atomic mass is 16.6. The summed E-state index contributed by atoms with van der Waals surface area (Å²) in [6, 6.07) is 0. The lowest BCUT2D eigenvalue weighted by atomic mass is 9.80. The van der Waals surface area contributed by atoms with Crippen molar-refractivity contribution in [2.24, 2.45) is 0 Å². The standard InChI is InChI=1S/C14H10O/c1-2-5-11-10(4-1)8-9-14-12(11)6-3-7-13(14)15-14/h2-9H,1H2. The van der Waals surface area contributed by atoms with Crippen LogP contribution < -0.4 is 0 Å². The smallest absolute Gasteiger partial charge is 0.209 e. The molecule has 0 aromatic rings. The molecule has 0 radical (unpaired) electrons. The van der Waals surface area contributed by atoms with Gasteiger partial charge in [0.2, 0.25) is 5.60 Å². The summed E-state index contributed by atoms with van der Waals surface area (Å²) in [5.41, 5.74) is 3.76. The molecule has 1 atom stereocenters. The summed E-state index contributed by atoms with van der Waals surface area (Å²) >= 11 is 0. The molecule has 1 heteroatoms. The molecule has 1 spiro atoms. The van der Waals surface area contributed by atoms with Gasteiger partial charge in [0.15, 0.2) is 5.76 Å². The number of fused-ring (bicyclic) bond motifs is 1. The van der Waals surface area contributed by atoms with Crippen LogP contribution in [0.3, 0.4) is 0 Å². The van der Waals surface area contributed by atoms with Crippen LogP contribution in [0.25, 0.3) is 0 Å². The largest absolute Gasteiger partial charge is 0.470 e. The van der Waals surface area contributed by atoms with E-state index in [-0.39, 0.29) is 5.60 Å². The second-order valence-electron chi connectivity index (χ2n) is 4.19. The van der Waals surface area contributed by atoms with E-state index >= 15 is 0 Å². The van der Waals surface area contributed by atoms with E-state index in [0.29, 0.717) is 0 Å². The molecule has 3 aliphatic carbocycles. The predicted octanol–water partition coefficient (Wildman–Crippen LogP) is 2.96. The van der Waals surface area contributed by atoms with Crippen LogP contribution in [0.15, 0.2) is 71.1 Å². The van der Waals surface area contributed by atoms with Gasteiger partial charge in [0.1, 0.15) is 0 Å². The fourth-order valence-electron chi connectivity index (χ4n) is 2.54. The van der Waals surface area contributed by atoms with Crippen LogP contribution in [-0.4, -0.2) is 5.60 Å². The van der Waals surface area contributed by atoms with Crippen molar-refractivity contribution in [3.8, 4) is 0 Å². The van der Waals surface area contributed by atoms with Crippen molar-refractivity contribution < 1.29 is 4.74 Å². The van der Waals surface area contributed by atoms with Gasteiger partial charge in [-0.2, -0.15) is 0 Å². The highest BCUT2D eigenvalue weighted by molar-refractivity contribution is 5.69. The quantitative estimate of drug-likeness (QED) is 0.540. The molecular weight excluding hydrogens is 184 g/mol. The Kier molecular flexibility index (Phi) is 1.13. The summed E-state index contributed by atoms with van der Waals surface area (Å²) in [6.45, 7) is 0. The van der Waals surface area contributed by atoms with Gasteiger partial charge in [-0.3, -0.25) is 0 Å².